The highest BCUT2D eigenvalue weighted by Gasteiger charge is 2.36. The van der Waals surface area contributed by atoms with Crippen molar-refractivity contribution in [3.8, 4) is 0 Å². The van der Waals surface area contributed by atoms with Crippen molar-refractivity contribution in [2.24, 2.45) is 0 Å². The number of nitrogens with one attached hydrogen (secondary N) is 1. The van der Waals surface area contributed by atoms with Gasteiger partial charge in [-0.2, -0.15) is 4.39 Å². The first kappa shape index (κ1) is 17.5. The van der Waals surface area contributed by atoms with Crippen LogP contribution in [0.3, 0.4) is 0 Å². The quantitative estimate of drug-likeness (QED) is 0.767. The van der Waals surface area contributed by atoms with Gasteiger partial charge in [0.25, 0.3) is 5.56 Å². The van der Waals surface area contributed by atoms with Crippen LogP contribution in [-0.2, 0) is 9.47 Å². The van der Waals surface area contributed by atoms with E-state index in [0.717, 1.165) is 22.5 Å². The van der Waals surface area contributed by atoms with Crippen LogP contribution in [0.15, 0.2) is 15.8 Å². The minimum Gasteiger partial charge on any atom is -0.433 e. The number of carbonyl (C=O) groups excluding carboxylic acids is 1. The Bertz CT molecular complexity index is 688. The normalized spacial score (nSPS) is 24.0. The van der Waals surface area contributed by atoms with Crippen molar-refractivity contribution in [3.63, 3.8) is 0 Å². The Balaban J connectivity index is 2.01. The molecule has 2 rings (SSSR count). The number of hydrogen-bond donors (Lipinski definition) is 2. The van der Waals surface area contributed by atoms with E-state index in [0.29, 0.717) is 0 Å². The van der Waals surface area contributed by atoms with E-state index in [-0.39, 0.29) is 19.1 Å². The molecular formula is C13H17FN2O6S. The molecule has 0 unspecified atom stereocenters. The van der Waals surface area contributed by atoms with Crippen LogP contribution in [0.25, 0.3) is 0 Å². The summed E-state index contributed by atoms with van der Waals surface area (Å²) in [6.45, 7) is 3.25. The lowest BCUT2D eigenvalue weighted by molar-refractivity contribution is 0.0279. The number of hydrogen-bond acceptors (Lipinski definition) is 7. The largest absolute Gasteiger partial charge is 0.508 e. The number of aromatic nitrogens is 2. The lowest BCUT2D eigenvalue weighted by Crippen LogP contribution is -2.32. The summed E-state index contributed by atoms with van der Waals surface area (Å²) in [5, 5.41) is 8.94. The molecule has 0 spiro atoms. The summed E-state index contributed by atoms with van der Waals surface area (Å²) < 4.78 is 24.0. The zero-order chi connectivity index (χ0) is 17.1. The number of aromatic amines is 1. The van der Waals surface area contributed by atoms with Crippen LogP contribution in [0, 0.1) is 5.82 Å². The number of ether oxygens (including phenoxy) is 2. The standard InChI is InChI=1S/C13H17FN2O6S/c1-6(2)22-13(20)21-5-9-8(17)3-10(23-9)16-4-7(14)11(18)15-12(16)19/h4,6,8-10,17H,3,5H2,1-2H3,(H,15,18,19)/t8-,9+,10+/m0/s1. The molecule has 0 amide bonds. The molecular weight excluding hydrogens is 331 g/mol. The van der Waals surface area contributed by atoms with Gasteiger partial charge >= 0.3 is 11.8 Å². The molecule has 8 nitrogen and oxygen atoms in total. The van der Waals surface area contributed by atoms with Crippen molar-refractivity contribution in [1.82, 2.24) is 9.55 Å². The molecule has 0 bridgehead atoms. The number of carbonyl (C=O) groups is 1. The predicted molar refractivity (Wildman–Crippen MR) is 79.9 cm³/mol. The van der Waals surface area contributed by atoms with Gasteiger partial charge < -0.3 is 14.6 Å². The molecule has 3 atom stereocenters. The highest BCUT2D eigenvalue weighted by Crippen LogP contribution is 2.40. The number of H-pyrrole nitrogens is 1. The zero-order valence-corrected chi connectivity index (χ0v) is 13.3. The summed E-state index contributed by atoms with van der Waals surface area (Å²) in [6, 6.07) is 0. The molecule has 10 heteroatoms. The average molecular weight is 348 g/mol. The summed E-state index contributed by atoms with van der Waals surface area (Å²) in [4.78, 5) is 35.9. The first-order valence-electron chi connectivity index (χ1n) is 6.96. The fraction of sp³-hybridized carbons (Fsp3) is 0.615. The molecule has 0 aromatic carbocycles. The van der Waals surface area contributed by atoms with Crippen LogP contribution in [0.5, 0.6) is 0 Å². The molecule has 1 aliphatic heterocycles. The van der Waals surface area contributed by atoms with E-state index in [1.165, 1.54) is 0 Å². The van der Waals surface area contributed by atoms with Gasteiger partial charge in [-0.05, 0) is 13.8 Å². The third kappa shape index (κ3) is 4.35. The first-order valence-corrected chi connectivity index (χ1v) is 7.90. The molecule has 2 N–H and O–H groups in total. The SMILES string of the molecule is CC(C)OC(=O)OC[C@H]1S[C@@H](n2cc(F)c(=O)[nH]c2=O)C[C@@H]1O. The summed E-state index contributed by atoms with van der Waals surface area (Å²) in [6.07, 6.45) is -1.05. The van der Waals surface area contributed by atoms with Crippen molar-refractivity contribution >= 4 is 17.9 Å². The minimum atomic E-state index is -1.09. The number of nitrogens with zero attached hydrogens (tertiary/aromatic N) is 1. The van der Waals surface area contributed by atoms with E-state index < -0.39 is 39.9 Å². The van der Waals surface area contributed by atoms with Crippen LogP contribution < -0.4 is 11.2 Å². The van der Waals surface area contributed by atoms with Gasteiger partial charge in [-0.25, -0.2) is 9.59 Å². The zero-order valence-electron chi connectivity index (χ0n) is 12.5. The Kier molecular flexibility index (Phi) is 5.47. The highest BCUT2D eigenvalue weighted by molar-refractivity contribution is 8.00. The van der Waals surface area contributed by atoms with Crippen molar-refractivity contribution in [2.75, 3.05) is 6.61 Å². The van der Waals surface area contributed by atoms with Crippen LogP contribution in [0.2, 0.25) is 0 Å². The number of aliphatic hydroxyl groups is 1. The molecule has 128 valence electrons. The number of rotatable bonds is 4. The maximum Gasteiger partial charge on any atom is 0.508 e. The molecule has 23 heavy (non-hydrogen) atoms. The van der Waals surface area contributed by atoms with Gasteiger partial charge in [0.1, 0.15) is 6.61 Å². The number of thioether (sulfide) groups is 1. The summed E-state index contributed by atoms with van der Waals surface area (Å²) in [7, 11) is 0. The molecule has 1 fully saturated rings. The van der Waals surface area contributed by atoms with E-state index >= 15 is 0 Å². The Morgan fingerprint density at radius 2 is 2.26 bits per heavy atom. The first-order chi connectivity index (χ1) is 10.8. The highest BCUT2D eigenvalue weighted by atomic mass is 32.2. The van der Waals surface area contributed by atoms with Crippen molar-refractivity contribution in [2.45, 2.75) is 43.1 Å². The Labute approximate surface area is 134 Å². The van der Waals surface area contributed by atoms with Gasteiger partial charge in [0.05, 0.1) is 29.0 Å². The van der Waals surface area contributed by atoms with Gasteiger partial charge in [0.15, 0.2) is 0 Å². The van der Waals surface area contributed by atoms with Crippen molar-refractivity contribution in [1.29, 1.82) is 0 Å². The molecule has 1 aliphatic rings. The van der Waals surface area contributed by atoms with E-state index in [1.807, 2.05) is 4.98 Å². The van der Waals surface area contributed by atoms with Gasteiger partial charge in [-0.3, -0.25) is 14.3 Å². The molecule has 2 heterocycles. The predicted octanol–water partition coefficient (Wildman–Crippen LogP) is 0.602. The molecule has 0 aliphatic carbocycles. The topological polar surface area (TPSA) is 111 Å². The second kappa shape index (κ2) is 7.18. The van der Waals surface area contributed by atoms with Crippen molar-refractivity contribution < 1.29 is 23.8 Å². The third-order valence-electron chi connectivity index (χ3n) is 3.14. The maximum absolute atomic E-state index is 13.3. The summed E-state index contributed by atoms with van der Waals surface area (Å²) in [5.74, 6) is -1.08. The second-order valence-electron chi connectivity index (χ2n) is 5.30. The molecule has 1 aromatic rings. The molecule has 0 radical (unpaired) electrons. The lowest BCUT2D eigenvalue weighted by Gasteiger charge is -2.15. The van der Waals surface area contributed by atoms with Crippen LogP contribution >= 0.6 is 11.8 Å². The lowest BCUT2D eigenvalue weighted by atomic mass is 10.2. The molecule has 0 saturated carbocycles. The van der Waals surface area contributed by atoms with Crippen LogP contribution in [0.4, 0.5) is 9.18 Å². The second-order valence-corrected chi connectivity index (χ2v) is 6.73. The number of halogens is 1. The number of aliphatic hydroxyl groups excluding tert-OH is 1. The maximum atomic E-state index is 13.3. The van der Waals surface area contributed by atoms with E-state index in [2.05, 4.69) is 0 Å². The third-order valence-corrected chi connectivity index (χ3v) is 4.67. The van der Waals surface area contributed by atoms with Gasteiger partial charge in [0, 0.05) is 6.42 Å². The van der Waals surface area contributed by atoms with E-state index in [1.54, 1.807) is 13.8 Å². The minimum absolute atomic E-state index is 0.103. The summed E-state index contributed by atoms with van der Waals surface area (Å²) in [5.41, 5.74) is -1.85. The van der Waals surface area contributed by atoms with Gasteiger partial charge in [0.2, 0.25) is 5.82 Å². The Hall–Kier alpha value is -1.81. The van der Waals surface area contributed by atoms with E-state index in [9.17, 15) is 23.9 Å². The fourth-order valence-electron chi connectivity index (χ4n) is 2.09. The smallest absolute Gasteiger partial charge is 0.433 e. The van der Waals surface area contributed by atoms with Crippen LogP contribution in [-0.4, -0.2) is 44.9 Å². The van der Waals surface area contributed by atoms with Gasteiger partial charge in [-0.15, -0.1) is 11.8 Å². The van der Waals surface area contributed by atoms with Gasteiger partial charge in [-0.1, -0.05) is 0 Å². The van der Waals surface area contributed by atoms with Crippen LogP contribution in [0.1, 0.15) is 25.6 Å². The van der Waals surface area contributed by atoms with Crippen molar-refractivity contribution in [3.05, 3.63) is 32.9 Å². The monoisotopic (exact) mass is 348 g/mol. The fourth-order valence-corrected chi connectivity index (χ4v) is 3.53. The Morgan fingerprint density at radius 3 is 2.91 bits per heavy atom. The molecule has 1 saturated heterocycles. The summed E-state index contributed by atoms with van der Waals surface area (Å²) >= 11 is 1.15. The Morgan fingerprint density at radius 1 is 1.57 bits per heavy atom. The molecule has 1 aromatic heterocycles. The average Bonchev–Trinajstić information content (AvgIpc) is 2.81. The van der Waals surface area contributed by atoms with E-state index in [4.69, 9.17) is 9.47 Å².